The van der Waals surface area contributed by atoms with E-state index in [9.17, 15) is 25.0 Å². The summed E-state index contributed by atoms with van der Waals surface area (Å²) in [6.07, 6.45) is 0. The fraction of sp³-hybridized carbons (Fsp3) is 0.133. The molecule has 0 aliphatic rings. The lowest BCUT2D eigenvalue weighted by Crippen LogP contribution is -2.13. The Morgan fingerprint density at radius 3 is 2.04 bits per heavy atom. The fourth-order valence-electron chi connectivity index (χ4n) is 2.12. The first kappa shape index (κ1) is 16.1. The summed E-state index contributed by atoms with van der Waals surface area (Å²) in [6.45, 7) is 3.12. The molecule has 118 valence electrons. The zero-order valence-corrected chi connectivity index (χ0v) is 12.4. The number of carbonyl (C=O) groups is 1. The molecule has 1 amide bonds. The van der Waals surface area contributed by atoms with Gasteiger partial charge in [-0.25, -0.2) is 0 Å². The lowest BCUT2D eigenvalue weighted by atomic mass is 10.1. The predicted molar refractivity (Wildman–Crippen MR) is 83.6 cm³/mol. The normalized spacial score (nSPS) is 10.2. The van der Waals surface area contributed by atoms with Crippen LogP contribution in [0.1, 0.15) is 21.5 Å². The summed E-state index contributed by atoms with van der Waals surface area (Å²) in [4.78, 5) is 32.8. The molecule has 0 aliphatic heterocycles. The predicted octanol–water partition coefficient (Wildman–Crippen LogP) is 3.37. The molecule has 0 unspecified atom stereocenters. The van der Waals surface area contributed by atoms with Gasteiger partial charge in [0.2, 0.25) is 0 Å². The minimum atomic E-state index is -0.744. The number of hydrogen-bond acceptors (Lipinski definition) is 5. The van der Waals surface area contributed by atoms with Crippen LogP contribution in [0.3, 0.4) is 0 Å². The molecule has 0 aromatic heterocycles. The van der Waals surface area contributed by atoms with Gasteiger partial charge in [-0.1, -0.05) is 12.1 Å². The zero-order valence-electron chi connectivity index (χ0n) is 12.4. The van der Waals surface area contributed by atoms with Crippen LogP contribution in [0.5, 0.6) is 0 Å². The molecule has 0 saturated heterocycles. The van der Waals surface area contributed by atoms with Crippen molar-refractivity contribution in [1.82, 2.24) is 0 Å². The molecule has 0 saturated carbocycles. The summed E-state index contributed by atoms with van der Waals surface area (Å²) in [7, 11) is 0. The van der Waals surface area contributed by atoms with Gasteiger partial charge in [-0.05, 0) is 31.5 Å². The summed E-state index contributed by atoms with van der Waals surface area (Å²) >= 11 is 0. The maximum Gasteiger partial charge on any atom is 0.279 e. The molecule has 23 heavy (non-hydrogen) atoms. The highest BCUT2D eigenvalue weighted by Gasteiger charge is 2.25. The first-order valence-electron chi connectivity index (χ1n) is 6.61. The Kier molecular flexibility index (Phi) is 4.35. The van der Waals surface area contributed by atoms with Gasteiger partial charge < -0.3 is 5.32 Å². The largest absolute Gasteiger partial charge is 0.322 e. The quantitative estimate of drug-likeness (QED) is 0.686. The molecule has 2 rings (SSSR count). The number of nitrogens with one attached hydrogen (secondary N) is 1. The van der Waals surface area contributed by atoms with Crippen molar-refractivity contribution in [3.8, 4) is 0 Å². The second kappa shape index (κ2) is 6.22. The van der Waals surface area contributed by atoms with Gasteiger partial charge in [0.15, 0.2) is 0 Å². The van der Waals surface area contributed by atoms with Crippen molar-refractivity contribution >= 4 is 23.0 Å². The second-order valence-corrected chi connectivity index (χ2v) is 4.98. The summed E-state index contributed by atoms with van der Waals surface area (Å²) in [5.74, 6) is -0.651. The van der Waals surface area contributed by atoms with Crippen molar-refractivity contribution < 1.29 is 14.6 Å². The van der Waals surface area contributed by atoms with Gasteiger partial charge >= 0.3 is 0 Å². The van der Waals surface area contributed by atoms with E-state index >= 15 is 0 Å². The van der Waals surface area contributed by atoms with Crippen molar-refractivity contribution in [2.75, 3.05) is 5.32 Å². The third kappa shape index (κ3) is 3.49. The number of nitrogens with zero attached hydrogens (tertiary/aromatic N) is 2. The minimum Gasteiger partial charge on any atom is -0.322 e. The van der Waals surface area contributed by atoms with Gasteiger partial charge in [0.05, 0.1) is 15.4 Å². The van der Waals surface area contributed by atoms with E-state index in [1.807, 2.05) is 13.0 Å². The van der Waals surface area contributed by atoms with E-state index in [0.717, 1.165) is 17.7 Å². The van der Waals surface area contributed by atoms with Gasteiger partial charge in [-0.2, -0.15) is 0 Å². The average Bonchev–Trinajstić information content (AvgIpc) is 2.46. The SMILES string of the molecule is Cc1cccc(NC(=O)c2cc([N+](=O)[O-])c(C)c([N+](=O)[O-])c2)c1. The summed E-state index contributed by atoms with van der Waals surface area (Å²) in [5, 5.41) is 24.6. The van der Waals surface area contributed by atoms with Crippen LogP contribution < -0.4 is 5.32 Å². The summed E-state index contributed by atoms with van der Waals surface area (Å²) in [5.41, 5.74) is 0.259. The molecule has 0 spiro atoms. The van der Waals surface area contributed by atoms with Crippen LogP contribution in [0.25, 0.3) is 0 Å². The Morgan fingerprint density at radius 2 is 1.57 bits per heavy atom. The molecule has 8 nitrogen and oxygen atoms in total. The highest BCUT2D eigenvalue weighted by Crippen LogP contribution is 2.29. The Morgan fingerprint density at radius 1 is 1.00 bits per heavy atom. The third-order valence-electron chi connectivity index (χ3n) is 3.28. The molecule has 1 N–H and O–H groups in total. The summed E-state index contributed by atoms with van der Waals surface area (Å²) < 4.78 is 0. The second-order valence-electron chi connectivity index (χ2n) is 4.98. The van der Waals surface area contributed by atoms with Gasteiger partial charge in [0.25, 0.3) is 17.3 Å². The van der Waals surface area contributed by atoms with Crippen LogP contribution in [0, 0.1) is 34.1 Å². The third-order valence-corrected chi connectivity index (χ3v) is 3.28. The molecular formula is C15H13N3O5. The van der Waals surface area contributed by atoms with Crippen molar-refractivity contribution in [2.45, 2.75) is 13.8 Å². The van der Waals surface area contributed by atoms with Gasteiger partial charge in [-0.3, -0.25) is 25.0 Å². The van der Waals surface area contributed by atoms with E-state index < -0.39 is 27.1 Å². The van der Waals surface area contributed by atoms with Crippen molar-refractivity contribution in [3.05, 3.63) is 73.3 Å². The molecule has 0 atom stereocenters. The van der Waals surface area contributed by atoms with Crippen LogP contribution in [-0.2, 0) is 0 Å². The van der Waals surface area contributed by atoms with Crippen molar-refractivity contribution in [1.29, 1.82) is 0 Å². The van der Waals surface area contributed by atoms with E-state index in [0.29, 0.717) is 5.69 Å². The van der Waals surface area contributed by atoms with E-state index in [4.69, 9.17) is 0 Å². The fourth-order valence-corrected chi connectivity index (χ4v) is 2.12. The molecule has 0 heterocycles. The molecular weight excluding hydrogens is 302 g/mol. The van der Waals surface area contributed by atoms with Gasteiger partial charge in [-0.15, -0.1) is 0 Å². The van der Waals surface area contributed by atoms with Crippen LogP contribution in [0.15, 0.2) is 36.4 Å². The number of nitro benzene ring substituents is 2. The van der Waals surface area contributed by atoms with Crippen LogP contribution in [-0.4, -0.2) is 15.8 Å². The molecule has 2 aromatic rings. The maximum atomic E-state index is 12.2. The number of carbonyl (C=O) groups excluding carboxylic acids is 1. The van der Waals surface area contributed by atoms with E-state index in [-0.39, 0.29) is 11.1 Å². The maximum absolute atomic E-state index is 12.2. The topological polar surface area (TPSA) is 115 Å². The number of aryl methyl sites for hydroxylation is 1. The smallest absolute Gasteiger partial charge is 0.279 e. The Hall–Kier alpha value is -3.29. The van der Waals surface area contributed by atoms with Crippen LogP contribution >= 0.6 is 0 Å². The summed E-state index contributed by atoms with van der Waals surface area (Å²) in [6, 6.07) is 9.03. The van der Waals surface area contributed by atoms with E-state index in [1.165, 1.54) is 6.92 Å². The Labute approximate surface area is 131 Å². The number of anilines is 1. The molecule has 0 aliphatic carbocycles. The lowest BCUT2D eigenvalue weighted by Gasteiger charge is -2.07. The first-order chi connectivity index (χ1) is 10.8. The Balaban J connectivity index is 2.44. The highest BCUT2D eigenvalue weighted by molar-refractivity contribution is 6.05. The van der Waals surface area contributed by atoms with E-state index in [1.54, 1.807) is 18.2 Å². The van der Waals surface area contributed by atoms with Gasteiger partial charge in [0.1, 0.15) is 5.56 Å². The number of nitro groups is 2. The standard InChI is InChI=1S/C15H13N3O5/c1-9-4-3-5-12(6-9)16-15(19)11-7-13(17(20)21)10(2)14(8-11)18(22)23/h3-8H,1-2H3,(H,16,19). The lowest BCUT2D eigenvalue weighted by molar-refractivity contribution is -0.395. The van der Waals surface area contributed by atoms with E-state index in [2.05, 4.69) is 5.32 Å². The molecule has 2 aromatic carbocycles. The van der Waals surface area contributed by atoms with Crippen molar-refractivity contribution in [3.63, 3.8) is 0 Å². The number of amides is 1. The highest BCUT2D eigenvalue weighted by atomic mass is 16.6. The van der Waals surface area contributed by atoms with Crippen LogP contribution in [0.2, 0.25) is 0 Å². The first-order valence-corrected chi connectivity index (χ1v) is 6.61. The number of benzene rings is 2. The average molecular weight is 315 g/mol. The van der Waals surface area contributed by atoms with Gasteiger partial charge in [0, 0.05) is 17.8 Å². The Bertz CT molecular complexity index is 782. The van der Waals surface area contributed by atoms with Crippen LogP contribution in [0.4, 0.5) is 17.1 Å². The van der Waals surface area contributed by atoms with Crippen molar-refractivity contribution in [2.24, 2.45) is 0 Å². The number of rotatable bonds is 4. The minimum absolute atomic E-state index is 0.0906. The monoisotopic (exact) mass is 315 g/mol. The zero-order chi connectivity index (χ0) is 17.1. The molecule has 0 radical (unpaired) electrons. The molecule has 8 heteroatoms. The number of hydrogen-bond donors (Lipinski definition) is 1. The molecule has 0 bridgehead atoms. The molecule has 0 fully saturated rings.